The molecule has 1 aliphatic heterocycles. The van der Waals surface area contributed by atoms with E-state index in [1.807, 2.05) is 38.1 Å². The number of nitrogens with zero attached hydrogens (tertiary/aromatic N) is 2. The standard InChI is InChI=1S/C23H26N4O3S/c1-15(2)20(26-23(29)30-3)22(28)27-12-4-7-19(27)21-24-14-18(25-21)17-10-8-16(9-11-17)6-5-13-31/h8-11,13-15,19-20H,4,7,12H2,1-3H3,(H,24,25)(H,26,29)/t19-,20-/m0/s1. The molecule has 2 aromatic rings. The van der Waals surface area contributed by atoms with Crippen molar-refractivity contribution in [1.29, 1.82) is 0 Å². The van der Waals surface area contributed by atoms with Crippen LogP contribution >= 0.6 is 12.2 Å². The number of aromatic amines is 1. The highest BCUT2D eigenvalue weighted by atomic mass is 32.1. The van der Waals surface area contributed by atoms with Gasteiger partial charge in [0.05, 0.1) is 30.4 Å². The first-order valence-corrected chi connectivity index (χ1v) is 10.7. The van der Waals surface area contributed by atoms with Crippen molar-refractivity contribution in [2.24, 2.45) is 5.92 Å². The summed E-state index contributed by atoms with van der Waals surface area (Å²) in [4.78, 5) is 34.6. The van der Waals surface area contributed by atoms with Gasteiger partial charge in [-0.3, -0.25) is 4.79 Å². The first kappa shape index (κ1) is 22.5. The summed E-state index contributed by atoms with van der Waals surface area (Å²) in [5.41, 5.74) is 2.74. The molecule has 7 nitrogen and oxygen atoms in total. The third kappa shape index (κ3) is 5.30. The molecule has 2 heterocycles. The number of ether oxygens (including phenoxy) is 1. The Hall–Kier alpha value is -3.18. The maximum absolute atomic E-state index is 13.2. The van der Waals surface area contributed by atoms with Crippen LogP contribution in [0.2, 0.25) is 0 Å². The van der Waals surface area contributed by atoms with Crippen LogP contribution in [0.3, 0.4) is 0 Å². The molecule has 2 N–H and O–H groups in total. The van der Waals surface area contributed by atoms with Gasteiger partial charge in [0.15, 0.2) is 0 Å². The Bertz CT molecular complexity index is 1000. The molecule has 2 amide bonds. The molecular formula is C23H26N4O3S. The smallest absolute Gasteiger partial charge is 0.407 e. The van der Waals surface area contributed by atoms with E-state index in [2.05, 4.69) is 31.9 Å². The van der Waals surface area contributed by atoms with E-state index in [1.54, 1.807) is 11.1 Å². The van der Waals surface area contributed by atoms with Crippen LogP contribution in [0, 0.1) is 17.8 Å². The quantitative estimate of drug-likeness (QED) is 0.551. The van der Waals surface area contributed by atoms with Crippen molar-refractivity contribution >= 4 is 29.6 Å². The normalized spacial score (nSPS) is 16.4. The first-order chi connectivity index (χ1) is 14.9. The van der Waals surface area contributed by atoms with Crippen LogP contribution < -0.4 is 5.32 Å². The van der Waals surface area contributed by atoms with E-state index >= 15 is 0 Å². The van der Waals surface area contributed by atoms with Gasteiger partial charge in [0, 0.05) is 12.1 Å². The van der Waals surface area contributed by atoms with Gasteiger partial charge in [0.25, 0.3) is 0 Å². The van der Waals surface area contributed by atoms with Crippen molar-refractivity contribution in [2.45, 2.75) is 38.8 Å². The van der Waals surface area contributed by atoms with Gasteiger partial charge in [-0.25, -0.2) is 9.78 Å². The number of thiocarbonyl (C=S) groups is 1. The molecule has 0 aliphatic carbocycles. The van der Waals surface area contributed by atoms with Gasteiger partial charge >= 0.3 is 6.09 Å². The summed E-state index contributed by atoms with van der Waals surface area (Å²) in [6.45, 7) is 4.42. The molecule has 1 saturated heterocycles. The zero-order valence-corrected chi connectivity index (χ0v) is 18.7. The highest BCUT2D eigenvalue weighted by Crippen LogP contribution is 2.32. The van der Waals surface area contributed by atoms with Crippen molar-refractivity contribution in [2.75, 3.05) is 13.7 Å². The number of carbonyl (C=O) groups excluding carboxylic acids is 2. The highest BCUT2D eigenvalue weighted by Gasteiger charge is 2.37. The molecule has 0 spiro atoms. The van der Waals surface area contributed by atoms with Crippen molar-refractivity contribution < 1.29 is 14.3 Å². The molecule has 1 aliphatic rings. The van der Waals surface area contributed by atoms with E-state index in [4.69, 9.17) is 12.2 Å². The molecular weight excluding hydrogens is 412 g/mol. The van der Waals surface area contributed by atoms with E-state index in [0.29, 0.717) is 6.54 Å². The minimum absolute atomic E-state index is 0.0695. The summed E-state index contributed by atoms with van der Waals surface area (Å²) in [5.74, 6) is 6.27. The summed E-state index contributed by atoms with van der Waals surface area (Å²) < 4.78 is 4.68. The number of methoxy groups -OCH3 is 1. The second-order valence-electron chi connectivity index (χ2n) is 7.69. The Balaban J connectivity index is 1.78. The Morgan fingerprint density at radius 1 is 1.35 bits per heavy atom. The maximum Gasteiger partial charge on any atom is 0.407 e. The van der Waals surface area contributed by atoms with Gasteiger partial charge in [-0.15, -0.1) is 0 Å². The molecule has 3 rings (SSSR count). The lowest BCUT2D eigenvalue weighted by Crippen LogP contribution is -2.51. The average Bonchev–Trinajstić information content (AvgIpc) is 3.45. The lowest BCUT2D eigenvalue weighted by Gasteiger charge is -2.30. The van der Waals surface area contributed by atoms with Gasteiger partial charge in [-0.2, -0.15) is 0 Å². The van der Waals surface area contributed by atoms with Crippen LogP contribution in [-0.2, 0) is 9.53 Å². The zero-order valence-electron chi connectivity index (χ0n) is 17.8. The number of likely N-dealkylation sites (tertiary alicyclic amines) is 1. The average molecular weight is 439 g/mol. The van der Waals surface area contributed by atoms with Gasteiger partial charge in [0.2, 0.25) is 5.91 Å². The minimum atomic E-state index is -0.650. The molecule has 1 fully saturated rings. The predicted octanol–water partition coefficient (Wildman–Crippen LogP) is 3.47. The minimum Gasteiger partial charge on any atom is -0.453 e. The number of rotatable bonds is 5. The van der Waals surface area contributed by atoms with E-state index in [0.717, 1.165) is 35.5 Å². The summed E-state index contributed by atoms with van der Waals surface area (Å²) in [5, 5.41) is 4.06. The van der Waals surface area contributed by atoms with Crippen LogP contribution in [0.5, 0.6) is 0 Å². The van der Waals surface area contributed by atoms with Crippen molar-refractivity contribution in [3.05, 3.63) is 41.9 Å². The maximum atomic E-state index is 13.2. The fourth-order valence-corrected chi connectivity index (χ4v) is 3.75. The Labute approximate surface area is 187 Å². The molecule has 1 aromatic heterocycles. The Morgan fingerprint density at radius 2 is 2.10 bits per heavy atom. The van der Waals surface area contributed by atoms with E-state index in [-0.39, 0.29) is 17.9 Å². The number of H-pyrrole nitrogens is 1. The molecule has 0 unspecified atom stereocenters. The molecule has 0 radical (unpaired) electrons. The number of amides is 2. The number of hydrogen-bond acceptors (Lipinski definition) is 5. The van der Waals surface area contributed by atoms with Crippen LogP contribution in [0.4, 0.5) is 4.79 Å². The van der Waals surface area contributed by atoms with Crippen molar-refractivity contribution in [3.8, 4) is 23.1 Å². The van der Waals surface area contributed by atoms with Crippen LogP contribution in [0.25, 0.3) is 11.3 Å². The number of benzene rings is 1. The largest absolute Gasteiger partial charge is 0.453 e. The Kier molecular flexibility index (Phi) is 7.42. The summed E-state index contributed by atoms with van der Waals surface area (Å²) in [6.07, 6.45) is 2.86. The van der Waals surface area contributed by atoms with Crippen molar-refractivity contribution in [3.63, 3.8) is 0 Å². The van der Waals surface area contributed by atoms with Gasteiger partial charge < -0.3 is 19.9 Å². The van der Waals surface area contributed by atoms with E-state index in [1.165, 1.54) is 12.5 Å². The number of hydrogen-bond donors (Lipinski definition) is 2. The molecule has 31 heavy (non-hydrogen) atoms. The van der Waals surface area contributed by atoms with Crippen LogP contribution in [-0.4, -0.2) is 51.9 Å². The molecule has 0 saturated carbocycles. The fraction of sp³-hybridized carbons (Fsp3) is 0.391. The predicted molar refractivity (Wildman–Crippen MR) is 122 cm³/mol. The Morgan fingerprint density at radius 3 is 2.74 bits per heavy atom. The number of aromatic nitrogens is 2. The van der Waals surface area contributed by atoms with Crippen molar-refractivity contribution in [1.82, 2.24) is 20.2 Å². The highest BCUT2D eigenvalue weighted by molar-refractivity contribution is 7.79. The number of nitrogens with one attached hydrogen (secondary N) is 2. The summed E-state index contributed by atoms with van der Waals surface area (Å²) in [6, 6.07) is 6.99. The number of imidazole rings is 1. The SMILES string of the molecule is COC(=O)N[C@H](C(=O)N1CCC[C@H]1c1ncc(-c2ccc(C#CC=S)cc2)[nH]1)C(C)C. The summed E-state index contributed by atoms with van der Waals surface area (Å²) in [7, 11) is 1.29. The lowest BCUT2D eigenvalue weighted by molar-refractivity contribution is -0.135. The second kappa shape index (κ2) is 10.2. The summed E-state index contributed by atoms with van der Waals surface area (Å²) >= 11 is 4.73. The molecule has 162 valence electrons. The van der Waals surface area contributed by atoms with Gasteiger partial charge in [-0.1, -0.05) is 50.0 Å². The third-order valence-electron chi connectivity index (χ3n) is 5.31. The topological polar surface area (TPSA) is 87.3 Å². The van der Waals surface area contributed by atoms with E-state index < -0.39 is 12.1 Å². The van der Waals surface area contributed by atoms with Gasteiger partial charge in [-0.05, 0) is 36.5 Å². The zero-order chi connectivity index (χ0) is 22.4. The molecule has 8 heteroatoms. The number of alkyl carbamates (subject to hydrolysis) is 1. The fourth-order valence-electron chi connectivity index (χ4n) is 3.69. The first-order valence-electron chi connectivity index (χ1n) is 10.2. The molecule has 2 atom stereocenters. The monoisotopic (exact) mass is 438 g/mol. The van der Waals surface area contributed by atoms with Gasteiger partial charge in [0.1, 0.15) is 11.9 Å². The number of carbonyl (C=O) groups is 2. The van der Waals surface area contributed by atoms with Crippen LogP contribution in [0.1, 0.15) is 44.1 Å². The molecule has 0 bridgehead atoms. The lowest BCUT2D eigenvalue weighted by atomic mass is 10.0. The third-order valence-corrected chi connectivity index (χ3v) is 5.43. The van der Waals surface area contributed by atoms with Crippen LogP contribution in [0.15, 0.2) is 30.5 Å². The molecule has 1 aromatic carbocycles. The second-order valence-corrected chi connectivity index (χ2v) is 7.93. The van der Waals surface area contributed by atoms with E-state index in [9.17, 15) is 9.59 Å².